The lowest BCUT2D eigenvalue weighted by molar-refractivity contribution is -0.141. The fourth-order valence-electron chi connectivity index (χ4n) is 6.53. The lowest BCUT2D eigenvalue weighted by atomic mass is 9.87. The second kappa shape index (κ2) is 11.3. The average Bonchev–Trinajstić information content (AvgIpc) is 3.83. The van der Waals surface area contributed by atoms with Crippen molar-refractivity contribution in [3.8, 4) is 16.9 Å². The van der Waals surface area contributed by atoms with Gasteiger partial charge in [0.25, 0.3) is 11.8 Å². The number of aromatic nitrogens is 5. The Morgan fingerprint density at radius 1 is 1.02 bits per heavy atom. The molecule has 0 spiro atoms. The zero-order valence-electron chi connectivity index (χ0n) is 25.2. The zero-order valence-corrected chi connectivity index (χ0v) is 25.2. The molecule has 0 N–H and O–H groups in total. The molecule has 0 aliphatic carbocycles. The van der Waals surface area contributed by atoms with E-state index in [2.05, 4.69) is 15.1 Å². The van der Waals surface area contributed by atoms with E-state index in [4.69, 9.17) is 4.74 Å². The van der Waals surface area contributed by atoms with Crippen molar-refractivity contribution in [2.75, 3.05) is 31.6 Å². The Kier molecular flexibility index (Phi) is 7.25. The molecule has 5 heterocycles. The van der Waals surface area contributed by atoms with E-state index in [1.165, 1.54) is 20.4 Å². The quantitative estimate of drug-likeness (QED) is 0.251. The minimum absolute atomic E-state index is 0.0795. The van der Waals surface area contributed by atoms with Gasteiger partial charge >= 0.3 is 6.18 Å². The number of fused-ring (bicyclic) bond motifs is 2. The number of aryl methyl sites for hydroxylation is 1. The van der Waals surface area contributed by atoms with Gasteiger partial charge in [-0.15, -0.1) is 0 Å². The molecule has 2 aromatic carbocycles. The van der Waals surface area contributed by atoms with Crippen molar-refractivity contribution in [3.05, 3.63) is 89.4 Å². The predicted molar refractivity (Wildman–Crippen MR) is 164 cm³/mol. The van der Waals surface area contributed by atoms with Crippen LogP contribution >= 0.6 is 0 Å². The number of likely N-dealkylation sites (tertiary alicyclic amines) is 1. The third kappa shape index (κ3) is 5.15. The SMILES string of the molecule is COc1cc(C(=O)N2CCCC2)c2nccc(N3CCc4c(cc(Cn5ccnc5)cc4-c4cn(C)nc4C(F)(F)F)C3=O)c2c1. The average molecular weight is 630 g/mol. The van der Waals surface area contributed by atoms with E-state index in [-0.39, 0.29) is 23.9 Å². The maximum atomic E-state index is 14.4. The summed E-state index contributed by atoms with van der Waals surface area (Å²) in [6.45, 7) is 1.82. The van der Waals surface area contributed by atoms with Gasteiger partial charge in [-0.25, -0.2) is 4.98 Å². The van der Waals surface area contributed by atoms with Gasteiger partial charge in [-0.05, 0) is 66.3 Å². The number of alkyl halides is 3. The molecular weight excluding hydrogens is 599 g/mol. The number of halogens is 3. The molecule has 7 rings (SSSR count). The van der Waals surface area contributed by atoms with Crippen molar-refractivity contribution in [1.82, 2.24) is 29.2 Å². The first-order chi connectivity index (χ1) is 22.1. The lowest BCUT2D eigenvalue weighted by Gasteiger charge is -2.31. The highest BCUT2D eigenvalue weighted by molar-refractivity contribution is 6.15. The number of nitrogens with zero attached hydrogens (tertiary/aromatic N) is 7. The van der Waals surface area contributed by atoms with Gasteiger partial charge in [0.15, 0.2) is 5.69 Å². The van der Waals surface area contributed by atoms with Crippen LogP contribution in [0.5, 0.6) is 5.75 Å². The molecule has 236 valence electrons. The Morgan fingerprint density at radius 3 is 2.52 bits per heavy atom. The Labute approximate surface area is 262 Å². The molecule has 0 radical (unpaired) electrons. The van der Waals surface area contributed by atoms with Crippen LogP contribution in [0.15, 0.2) is 61.4 Å². The van der Waals surface area contributed by atoms with Gasteiger partial charge in [0, 0.05) is 74.5 Å². The summed E-state index contributed by atoms with van der Waals surface area (Å²) in [7, 11) is 2.96. The number of ether oxygens (including phenoxy) is 1. The molecule has 2 aliphatic rings. The first-order valence-electron chi connectivity index (χ1n) is 14.9. The molecule has 0 bridgehead atoms. The Balaban J connectivity index is 1.37. The van der Waals surface area contributed by atoms with E-state index >= 15 is 0 Å². The number of carbonyl (C=O) groups is 2. The van der Waals surface area contributed by atoms with Crippen molar-refractivity contribution >= 4 is 28.4 Å². The molecule has 5 aromatic rings. The summed E-state index contributed by atoms with van der Waals surface area (Å²) in [5, 5.41) is 4.30. The van der Waals surface area contributed by atoms with Crippen molar-refractivity contribution in [3.63, 3.8) is 0 Å². The van der Waals surface area contributed by atoms with Gasteiger partial charge in [-0.3, -0.25) is 19.3 Å². The standard InChI is InChI=1S/C33H30F3N7O3/c1-40-18-27(30(39-40)33(34,35)36)23-13-20(17-41-12-8-37-19-41)14-24-22(23)6-11-43(32(24)45)28-5-7-38-29-25(28)15-21(46-2)16-26(29)31(44)42-9-3-4-10-42/h5,7-8,12-16,18-19H,3-4,6,9-11,17H2,1-2H3. The zero-order chi connectivity index (χ0) is 32.2. The van der Waals surface area contributed by atoms with Crippen molar-refractivity contribution in [2.24, 2.45) is 7.05 Å². The highest BCUT2D eigenvalue weighted by Crippen LogP contribution is 2.41. The number of carbonyl (C=O) groups excluding carboxylic acids is 2. The van der Waals surface area contributed by atoms with Crippen LogP contribution < -0.4 is 9.64 Å². The smallest absolute Gasteiger partial charge is 0.435 e. The first kappa shape index (κ1) is 29.5. The van der Waals surface area contributed by atoms with Gasteiger partial charge in [0.2, 0.25) is 0 Å². The molecule has 1 saturated heterocycles. The van der Waals surface area contributed by atoms with Crippen LogP contribution in [0.4, 0.5) is 18.9 Å². The number of anilines is 1. The van der Waals surface area contributed by atoms with Crippen molar-refractivity contribution in [1.29, 1.82) is 0 Å². The van der Waals surface area contributed by atoms with Gasteiger partial charge < -0.3 is 19.1 Å². The van der Waals surface area contributed by atoms with Crippen LogP contribution in [0.2, 0.25) is 0 Å². The molecule has 1 fully saturated rings. The molecule has 13 heteroatoms. The summed E-state index contributed by atoms with van der Waals surface area (Å²) in [6.07, 6.45) is 5.35. The van der Waals surface area contributed by atoms with Crippen LogP contribution in [0.1, 0.15) is 50.4 Å². The maximum Gasteiger partial charge on any atom is 0.435 e. The number of benzene rings is 2. The third-order valence-electron chi connectivity index (χ3n) is 8.63. The highest BCUT2D eigenvalue weighted by atomic mass is 19.4. The number of amides is 2. The topological polar surface area (TPSA) is 98.4 Å². The van der Waals surface area contributed by atoms with E-state index in [9.17, 15) is 22.8 Å². The number of hydrogen-bond donors (Lipinski definition) is 0. The Morgan fingerprint density at radius 2 is 1.80 bits per heavy atom. The second-order valence-electron chi connectivity index (χ2n) is 11.6. The fraction of sp³-hybridized carbons (Fsp3) is 0.303. The second-order valence-corrected chi connectivity index (χ2v) is 11.6. The van der Waals surface area contributed by atoms with Crippen LogP contribution in [-0.2, 0) is 26.2 Å². The number of imidazole rings is 1. The number of rotatable bonds is 6. The van der Waals surface area contributed by atoms with Gasteiger partial charge in [0.1, 0.15) is 5.75 Å². The molecule has 0 saturated carbocycles. The van der Waals surface area contributed by atoms with E-state index in [1.807, 2.05) is 0 Å². The molecule has 0 unspecified atom stereocenters. The molecule has 0 atom stereocenters. The molecule has 3 aromatic heterocycles. The van der Waals surface area contributed by atoms with E-state index in [1.54, 1.807) is 69.6 Å². The normalized spacial score (nSPS) is 15.1. The van der Waals surface area contributed by atoms with Crippen LogP contribution in [0.3, 0.4) is 0 Å². The largest absolute Gasteiger partial charge is 0.497 e. The lowest BCUT2D eigenvalue weighted by Crippen LogP contribution is -2.38. The molecule has 10 nitrogen and oxygen atoms in total. The monoisotopic (exact) mass is 629 g/mol. The van der Waals surface area contributed by atoms with Crippen LogP contribution in [0, 0.1) is 0 Å². The third-order valence-corrected chi connectivity index (χ3v) is 8.63. The number of pyridine rings is 1. The van der Waals surface area contributed by atoms with Crippen molar-refractivity contribution < 1.29 is 27.5 Å². The summed E-state index contributed by atoms with van der Waals surface area (Å²) >= 11 is 0. The number of hydrogen-bond acceptors (Lipinski definition) is 6. The van der Waals surface area contributed by atoms with Crippen LogP contribution in [-0.4, -0.2) is 67.8 Å². The highest BCUT2D eigenvalue weighted by Gasteiger charge is 2.39. The Hall–Kier alpha value is -5.20. The molecular formula is C33H30F3N7O3. The predicted octanol–water partition coefficient (Wildman–Crippen LogP) is 5.35. The summed E-state index contributed by atoms with van der Waals surface area (Å²) in [4.78, 5) is 40.0. The minimum Gasteiger partial charge on any atom is -0.497 e. The first-order valence-corrected chi connectivity index (χ1v) is 14.9. The van der Waals surface area contributed by atoms with E-state index in [0.717, 1.165) is 17.5 Å². The van der Waals surface area contributed by atoms with E-state index in [0.29, 0.717) is 76.2 Å². The Bertz CT molecular complexity index is 1980. The molecule has 2 aliphatic heterocycles. The summed E-state index contributed by atoms with van der Waals surface area (Å²) in [6, 6.07) is 8.59. The molecule has 2 amide bonds. The van der Waals surface area contributed by atoms with Crippen LogP contribution in [0.25, 0.3) is 22.0 Å². The number of methoxy groups -OCH3 is 1. The summed E-state index contributed by atoms with van der Waals surface area (Å²) in [5.41, 5.74) is 2.08. The molecule has 46 heavy (non-hydrogen) atoms. The minimum atomic E-state index is -4.69. The van der Waals surface area contributed by atoms with Gasteiger partial charge in [-0.2, -0.15) is 18.3 Å². The van der Waals surface area contributed by atoms with Crippen molar-refractivity contribution in [2.45, 2.75) is 32.0 Å². The summed E-state index contributed by atoms with van der Waals surface area (Å²) < 4.78 is 50.9. The van der Waals surface area contributed by atoms with Gasteiger partial charge in [0.05, 0.1) is 30.2 Å². The van der Waals surface area contributed by atoms with Gasteiger partial charge in [-0.1, -0.05) is 0 Å². The fourth-order valence-corrected chi connectivity index (χ4v) is 6.53. The van der Waals surface area contributed by atoms with E-state index < -0.39 is 11.9 Å². The summed E-state index contributed by atoms with van der Waals surface area (Å²) in [5.74, 6) is -0.0578. The maximum absolute atomic E-state index is 14.4.